The third kappa shape index (κ3) is 4.24. The van der Waals surface area contributed by atoms with Gasteiger partial charge in [-0.2, -0.15) is 0 Å². The molecule has 0 radical (unpaired) electrons. The van der Waals surface area contributed by atoms with Crippen LogP contribution in [0.25, 0.3) is 11.3 Å². The topological polar surface area (TPSA) is 54.4 Å². The third-order valence-corrected chi connectivity index (χ3v) is 5.79. The number of rotatable bonds is 7. The second-order valence-corrected chi connectivity index (χ2v) is 7.92. The SMILES string of the molecule is COCCN1CCC(Cn2cnc(-c3ccccc3)c2C2CC(C)NN2)C1. The van der Waals surface area contributed by atoms with Gasteiger partial charge in [-0.05, 0) is 32.2 Å². The molecule has 2 N–H and O–H groups in total. The first-order valence-electron chi connectivity index (χ1n) is 10.1. The number of hydrogen-bond donors (Lipinski definition) is 2. The number of benzene rings is 1. The first-order valence-corrected chi connectivity index (χ1v) is 10.1. The summed E-state index contributed by atoms with van der Waals surface area (Å²) in [7, 11) is 1.78. The number of nitrogens with one attached hydrogen (secondary N) is 2. The van der Waals surface area contributed by atoms with Gasteiger partial charge >= 0.3 is 0 Å². The van der Waals surface area contributed by atoms with Gasteiger partial charge in [0.05, 0.1) is 30.4 Å². The maximum absolute atomic E-state index is 5.23. The van der Waals surface area contributed by atoms with E-state index in [9.17, 15) is 0 Å². The van der Waals surface area contributed by atoms with Crippen LogP contribution in [0.15, 0.2) is 36.7 Å². The van der Waals surface area contributed by atoms with Crippen molar-refractivity contribution in [3.8, 4) is 11.3 Å². The molecule has 2 saturated heterocycles. The minimum atomic E-state index is 0.295. The Bertz CT molecular complexity index is 731. The molecule has 1 aromatic heterocycles. The van der Waals surface area contributed by atoms with E-state index in [0.29, 0.717) is 18.0 Å². The van der Waals surface area contributed by atoms with E-state index < -0.39 is 0 Å². The highest BCUT2D eigenvalue weighted by Gasteiger charge is 2.30. The van der Waals surface area contributed by atoms with Crippen LogP contribution >= 0.6 is 0 Å². The molecule has 0 bridgehead atoms. The van der Waals surface area contributed by atoms with Crippen molar-refractivity contribution in [2.75, 3.05) is 33.4 Å². The van der Waals surface area contributed by atoms with E-state index in [-0.39, 0.29) is 0 Å². The highest BCUT2D eigenvalue weighted by molar-refractivity contribution is 5.62. The van der Waals surface area contributed by atoms with Gasteiger partial charge in [0, 0.05) is 38.3 Å². The molecule has 146 valence electrons. The molecule has 2 aliphatic heterocycles. The van der Waals surface area contributed by atoms with Crippen molar-refractivity contribution in [2.24, 2.45) is 5.92 Å². The van der Waals surface area contributed by atoms with E-state index in [0.717, 1.165) is 38.4 Å². The van der Waals surface area contributed by atoms with Crippen molar-refractivity contribution in [3.63, 3.8) is 0 Å². The van der Waals surface area contributed by atoms with Crippen LogP contribution in [0.4, 0.5) is 0 Å². The minimum Gasteiger partial charge on any atom is -0.383 e. The molecule has 0 amide bonds. The van der Waals surface area contributed by atoms with Crippen LogP contribution in [0.1, 0.15) is 31.5 Å². The van der Waals surface area contributed by atoms with Gasteiger partial charge in [0.2, 0.25) is 0 Å². The molecule has 2 aliphatic rings. The van der Waals surface area contributed by atoms with E-state index in [1.165, 1.54) is 24.2 Å². The van der Waals surface area contributed by atoms with Crippen molar-refractivity contribution in [2.45, 2.75) is 38.4 Å². The van der Waals surface area contributed by atoms with Gasteiger partial charge in [0.15, 0.2) is 0 Å². The number of hydrogen-bond acceptors (Lipinski definition) is 5. The Hall–Kier alpha value is -1.73. The average molecular weight is 370 g/mol. The van der Waals surface area contributed by atoms with Crippen LogP contribution in [-0.4, -0.2) is 53.8 Å². The standard InChI is InChI=1S/C21H31N5O/c1-16-12-19(24-23-16)21-20(18-6-4-3-5-7-18)22-15-26(21)14-17-8-9-25(13-17)10-11-27-2/h3-7,15-17,19,23-24H,8-14H2,1-2H3. The van der Waals surface area contributed by atoms with Crippen molar-refractivity contribution in [1.29, 1.82) is 0 Å². The maximum atomic E-state index is 5.23. The summed E-state index contributed by atoms with van der Waals surface area (Å²) in [6.07, 6.45) is 4.37. The maximum Gasteiger partial charge on any atom is 0.0956 e. The summed E-state index contributed by atoms with van der Waals surface area (Å²) in [6, 6.07) is 11.3. The molecule has 1 aromatic carbocycles. The van der Waals surface area contributed by atoms with Gasteiger partial charge in [0.1, 0.15) is 0 Å². The van der Waals surface area contributed by atoms with Crippen molar-refractivity contribution in [1.82, 2.24) is 25.3 Å². The Morgan fingerprint density at radius 2 is 2.07 bits per heavy atom. The molecule has 0 spiro atoms. The molecular weight excluding hydrogens is 338 g/mol. The van der Waals surface area contributed by atoms with E-state index in [4.69, 9.17) is 9.72 Å². The van der Waals surface area contributed by atoms with Gasteiger partial charge in [-0.15, -0.1) is 0 Å². The highest BCUT2D eigenvalue weighted by Crippen LogP contribution is 2.32. The fourth-order valence-electron chi connectivity index (χ4n) is 4.38. The molecule has 0 aliphatic carbocycles. The molecular formula is C21H31N5O. The molecule has 2 fully saturated rings. The van der Waals surface area contributed by atoms with Gasteiger partial charge in [-0.1, -0.05) is 30.3 Å². The first-order chi connectivity index (χ1) is 13.2. The molecule has 6 nitrogen and oxygen atoms in total. The lowest BCUT2D eigenvalue weighted by Gasteiger charge is -2.19. The zero-order valence-electron chi connectivity index (χ0n) is 16.4. The summed E-state index contributed by atoms with van der Waals surface area (Å²) < 4.78 is 7.63. The fraction of sp³-hybridized carbons (Fsp3) is 0.571. The summed E-state index contributed by atoms with van der Waals surface area (Å²) in [5, 5.41) is 0. The summed E-state index contributed by atoms with van der Waals surface area (Å²) in [5.74, 6) is 0.671. The number of ether oxygens (including phenoxy) is 1. The lowest BCUT2D eigenvalue weighted by atomic mass is 10.0. The fourth-order valence-corrected chi connectivity index (χ4v) is 4.38. The van der Waals surface area contributed by atoms with E-state index >= 15 is 0 Å². The molecule has 0 saturated carbocycles. The zero-order valence-corrected chi connectivity index (χ0v) is 16.4. The molecule has 2 aromatic rings. The molecule has 3 atom stereocenters. The Morgan fingerprint density at radius 1 is 1.22 bits per heavy atom. The Labute approximate surface area is 161 Å². The lowest BCUT2D eigenvalue weighted by molar-refractivity contribution is 0.158. The molecule has 4 rings (SSSR count). The highest BCUT2D eigenvalue weighted by atomic mass is 16.5. The quantitative estimate of drug-likeness (QED) is 0.785. The first kappa shape index (κ1) is 18.6. The normalized spacial score (nSPS) is 26.1. The van der Waals surface area contributed by atoms with Crippen molar-refractivity contribution < 1.29 is 4.74 Å². The van der Waals surface area contributed by atoms with Crippen LogP contribution in [0.2, 0.25) is 0 Å². The number of hydrazine groups is 1. The predicted molar refractivity (Wildman–Crippen MR) is 107 cm³/mol. The number of imidazole rings is 1. The van der Waals surface area contributed by atoms with Crippen LogP contribution < -0.4 is 10.9 Å². The van der Waals surface area contributed by atoms with E-state index in [2.05, 4.69) is 57.6 Å². The third-order valence-electron chi connectivity index (χ3n) is 5.79. The number of aromatic nitrogens is 2. The largest absolute Gasteiger partial charge is 0.383 e. The van der Waals surface area contributed by atoms with Gasteiger partial charge < -0.3 is 14.2 Å². The Balaban J connectivity index is 1.55. The molecule has 6 heteroatoms. The van der Waals surface area contributed by atoms with Crippen molar-refractivity contribution in [3.05, 3.63) is 42.4 Å². The summed E-state index contributed by atoms with van der Waals surface area (Å²) in [6.45, 7) is 7.42. The van der Waals surface area contributed by atoms with Crippen molar-refractivity contribution >= 4 is 0 Å². The Morgan fingerprint density at radius 3 is 2.81 bits per heavy atom. The second kappa shape index (κ2) is 8.52. The minimum absolute atomic E-state index is 0.295. The van der Waals surface area contributed by atoms with Gasteiger partial charge in [-0.25, -0.2) is 10.4 Å². The molecule has 27 heavy (non-hydrogen) atoms. The van der Waals surface area contributed by atoms with E-state index in [1.54, 1.807) is 7.11 Å². The van der Waals surface area contributed by atoms with Gasteiger partial charge in [0.25, 0.3) is 0 Å². The number of likely N-dealkylation sites (tertiary alicyclic amines) is 1. The van der Waals surface area contributed by atoms with Gasteiger partial charge in [-0.3, -0.25) is 5.43 Å². The summed E-state index contributed by atoms with van der Waals surface area (Å²) in [4.78, 5) is 7.34. The monoisotopic (exact) mass is 369 g/mol. The molecule has 3 unspecified atom stereocenters. The summed E-state index contributed by atoms with van der Waals surface area (Å²) in [5.41, 5.74) is 10.5. The van der Waals surface area contributed by atoms with Crippen LogP contribution in [-0.2, 0) is 11.3 Å². The average Bonchev–Trinajstić information content (AvgIpc) is 3.41. The predicted octanol–water partition coefficient (Wildman–Crippen LogP) is 2.45. The second-order valence-electron chi connectivity index (χ2n) is 7.92. The van der Waals surface area contributed by atoms with E-state index in [1.807, 2.05) is 6.33 Å². The Kier molecular flexibility index (Phi) is 5.88. The molecule has 3 heterocycles. The number of methoxy groups -OCH3 is 1. The number of nitrogens with zero attached hydrogens (tertiary/aromatic N) is 3. The van der Waals surface area contributed by atoms with Crippen LogP contribution in [0.5, 0.6) is 0 Å². The van der Waals surface area contributed by atoms with Crippen LogP contribution in [0, 0.1) is 5.92 Å². The zero-order chi connectivity index (χ0) is 18.6. The smallest absolute Gasteiger partial charge is 0.0956 e. The lowest BCUT2D eigenvalue weighted by Crippen LogP contribution is -2.30. The van der Waals surface area contributed by atoms with Crippen LogP contribution in [0.3, 0.4) is 0 Å². The summed E-state index contributed by atoms with van der Waals surface area (Å²) >= 11 is 0.